The number of hydrogen-bond acceptors (Lipinski definition) is 4. The van der Waals surface area contributed by atoms with E-state index in [9.17, 15) is 5.11 Å². The van der Waals surface area contributed by atoms with Gasteiger partial charge >= 0.3 is 0 Å². The highest BCUT2D eigenvalue weighted by Gasteiger charge is 2.29. The molecule has 0 unspecified atom stereocenters. The molecule has 23 heavy (non-hydrogen) atoms. The second kappa shape index (κ2) is 6.97. The van der Waals surface area contributed by atoms with Crippen molar-refractivity contribution < 1.29 is 5.11 Å². The minimum Gasteiger partial charge on any atom is -0.391 e. The van der Waals surface area contributed by atoms with E-state index in [1.54, 1.807) is 0 Å². The van der Waals surface area contributed by atoms with E-state index in [0.29, 0.717) is 0 Å². The Kier molecular flexibility index (Phi) is 4.97. The number of rotatable bonds is 4. The first kappa shape index (κ1) is 16.4. The third-order valence-electron chi connectivity index (χ3n) is 4.44. The number of benzene rings is 1. The molecule has 0 bridgehead atoms. The molecule has 0 radical (unpaired) electrons. The van der Waals surface area contributed by atoms with Gasteiger partial charge in [-0.05, 0) is 52.7 Å². The summed E-state index contributed by atoms with van der Waals surface area (Å²) in [5.41, 5.74) is 4.32. The number of aryl methyl sites for hydroxylation is 3. The molecule has 2 N–H and O–H groups in total. The largest absolute Gasteiger partial charge is 0.391 e. The molecule has 2 aromatic rings. The van der Waals surface area contributed by atoms with E-state index in [2.05, 4.69) is 58.3 Å². The molecular formula is C18H22BrN3O. The van der Waals surface area contributed by atoms with Crippen molar-refractivity contribution in [3.63, 3.8) is 0 Å². The van der Waals surface area contributed by atoms with Gasteiger partial charge in [0.25, 0.3) is 0 Å². The standard InChI is InChI=1S/C18H22BrN3O/c1-3-13-17(19)20-14(4-2)18(21-13)22-16-12-8-6-5-7-11(12)9-10-15(16)23/h5-8,15-16,23H,3-4,9-10H2,1-2H3,(H,21,22)/t15-,16-/m1/s1. The molecule has 3 rings (SSSR count). The fourth-order valence-corrected chi connectivity index (χ4v) is 3.72. The number of halogens is 1. The van der Waals surface area contributed by atoms with E-state index in [1.807, 2.05) is 6.07 Å². The Morgan fingerprint density at radius 1 is 1.17 bits per heavy atom. The lowest BCUT2D eigenvalue weighted by atomic mass is 9.85. The summed E-state index contributed by atoms with van der Waals surface area (Å²) in [4.78, 5) is 9.35. The molecule has 1 aliphatic carbocycles. The first-order chi connectivity index (χ1) is 11.1. The highest BCUT2D eigenvalue weighted by atomic mass is 79.9. The number of nitrogens with one attached hydrogen (secondary N) is 1. The Balaban J connectivity index is 1.98. The first-order valence-electron chi connectivity index (χ1n) is 8.21. The monoisotopic (exact) mass is 375 g/mol. The van der Waals surface area contributed by atoms with Crippen LogP contribution in [0.25, 0.3) is 0 Å². The molecule has 2 atom stereocenters. The summed E-state index contributed by atoms with van der Waals surface area (Å²) in [5, 5.41) is 14.0. The van der Waals surface area contributed by atoms with Gasteiger partial charge in [-0.3, -0.25) is 0 Å². The van der Waals surface area contributed by atoms with Gasteiger partial charge in [0.05, 0.1) is 23.5 Å². The minimum absolute atomic E-state index is 0.134. The van der Waals surface area contributed by atoms with E-state index >= 15 is 0 Å². The zero-order valence-corrected chi connectivity index (χ0v) is 15.1. The molecule has 1 aromatic carbocycles. The molecular weight excluding hydrogens is 354 g/mol. The average Bonchev–Trinajstić information content (AvgIpc) is 2.58. The number of hydrogen-bond donors (Lipinski definition) is 2. The molecule has 122 valence electrons. The lowest BCUT2D eigenvalue weighted by Gasteiger charge is -2.32. The van der Waals surface area contributed by atoms with Crippen LogP contribution >= 0.6 is 15.9 Å². The predicted molar refractivity (Wildman–Crippen MR) is 95.6 cm³/mol. The molecule has 1 heterocycles. The van der Waals surface area contributed by atoms with Crippen LogP contribution in [0.2, 0.25) is 0 Å². The van der Waals surface area contributed by atoms with Crippen LogP contribution in [-0.4, -0.2) is 21.2 Å². The normalized spacial score (nSPS) is 20.2. The summed E-state index contributed by atoms with van der Waals surface area (Å²) in [7, 11) is 0. The number of anilines is 1. The van der Waals surface area contributed by atoms with E-state index in [0.717, 1.165) is 53.1 Å². The van der Waals surface area contributed by atoms with Gasteiger partial charge in [0.1, 0.15) is 10.4 Å². The lowest BCUT2D eigenvalue weighted by molar-refractivity contribution is 0.135. The Bertz CT molecular complexity index is 705. The predicted octanol–water partition coefficient (Wildman–Crippen LogP) is 3.82. The number of nitrogens with zero attached hydrogens (tertiary/aromatic N) is 2. The van der Waals surface area contributed by atoms with Gasteiger partial charge in [-0.15, -0.1) is 0 Å². The fraction of sp³-hybridized carbons (Fsp3) is 0.444. The van der Waals surface area contributed by atoms with Crippen LogP contribution in [0.3, 0.4) is 0 Å². The van der Waals surface area contributed by atoms with Crippen molar-refractivity contribution in [2.24, 2.45) is 0 Å². The quantitative estimate of drug-likeness (QED) is 0.852. The van der Waals surface area contributed by atoms with Crippen molar-refractivity contribution in [1.29, 1.82) is 0 Å². The van der Waals surface area contributed by atoms with Gasteiger partial charge in [0, 0.05) is 0 Å². The Labute approximate surface area is 145 Å². The molecule has 1 aromatic heterocycles. The second-order valence-corrected chi connectivity index (χ2v) is 6.64. The van der Waals surface area contributed by atoms with Gasteiger partial charge in [-0.2, -0.15) is 0 Å². The summed E-state index contributed by atoms with van der Waals surface area (Å²) in [6.45, 7) is 4.13. The third-order valence-corrected chi connectivity index (χ3v) is 5.07. The summed E-state index contributed by atoms with van der Waals surface area (Å²) in [5.74, 6) is 0.785. The van der Waals surface area contributed by atoms with Crippen LogP contribution in [0.4, 0.5) is 5.82 Å². The number of aliphatic hydroxyl groups is 1. The maximum atomic E-state index is 10.5. The minimum atomic E-state index is -0.412. The average molecular weight is 376 g/mol. The summed E-state index contributed by atoms with van der Waals surface area (Å²) in [6, 6.07) is 8.18. The summed E-state index contributed by atoms with van der Waals surface area (Å²) < 4.78 is 0.812. The Hall–Kier alpha value is -1.46. The smallest absolute Gasteiger partial charge is 0.148 e. The number of fused-ring (bicyclic) bond motifs is 1. The van der Waals surface area contributed by atoms with Crippen molar-refractivity contribution >= 4 is 21.7 Å². The van der Waals surface area contributed by atoms with Crippen molar-refractivity contribution in [3.8, 4) is 0 Å². The SMILES string of the molecule is CCc1nc(N[C@@H]2c3ccccc3CC[C@H]2O)c(CC)nc1Br. The van der Waals surface area contributed by atoms with Gasteiger partial charge in [0.15, 0.2) is 0 Å². The van der Waals surface area contributed by atoms with Crippen molar-refractivity contribution in [3.05, 3.63) is 51.4 Å². The fourth-order valence-electron chi connectivity index (χ4n) is 3.13. The lowest BCUT2D eigenvalue weighted by Crippen LogP contribution is -2.31. The van der Waals surface area contributed by atoms with Crippen LogP contribution in [-0.2, 0) is 19.3 Å². The zero-order valence-electron chi connectivity index (χ0n) is 13.5. The second-order valence-electron chi connectivity index (χ2n) is 5.89. The summed E-state index contributed by atoms with van der Waals surface area (Å²) >= 11 is 3.49. The van der Waals surface area contributed by atoms with Crippen LogP contribution in [0.15, 0.2) is 28.9 Å². The highest BCUT2D eigenvalue weighted by Crippen LogP contribution is 2.33. The van der Waals surface area contributed by atoms with Gasteiger partial charge in [-0.1, -0.05) is 38.1 Å². The number of aromatic nitrogens is 2. The van der Waals surface area contributed by atoms with E-state index in [4.69, 9.17) is 4.98 Å². The van der Waals surface area contributed by atoms with Crippen LogP contribution in [0.5, 0.6) is 0 Å². The molecule has 0 amide bonds. The topological polar surface area (TPSA) is 58.0 Å². The summed E-state index contributed by atoms with van der Waals surface area (Å²) in [6.07, 6.45) is 2.88. The highest BCUT2D eigenvalue weighted by molar-refractivity contribution is 9.10. The van der Waals surface area contributed by atoms with Gasteiger partial charge in [0.2, 0.25) is 0 Å². The van der Waals surface area contributed by atoms with Crippen molar-refractivity contribution in [2.45, 2.75) is 51.7 Å². The van der Waals surface area contributed by atoms with Crippen LogP contribution < -0.4 is 5.32 Å². The van der Waals surface area contributed by atoms with Gasteiger partial charge in [-0.25, -0.2) is 9.97 Å². The third kappa shape index (κ3) is 3.26. The van der Waals surface area contributed by atoms with E-state index in [-0.39, 0.29) is 6.04 Å². The van der Waals surface area contributed by atoms with Gasteiger partial charge < -0.3 is 10.4 Å². The molecule has 0 saturated heterocycles. The van der Waals surface area contributed by atoms with E-state index in [1.165, 1.54) is 5.56 Å². The van der Waals surface area contributed by atoms with Crippen LogP contribution in [0, 0.1) is 0 Å². The van der Waals surface area contributed by atoms with E-state index < -0.39 is 6.10 Å². The Morgan fingerprint density at radius 3 is 2.65 bits per heavy atom. The number of aliphatic hydroxyl groups excluding tert-OH is 1. The Morgan fingerprint density at radius 2 is 1.91 bits per heavy atom. The van der Waals surface area contributed by atoms with Crippen LogP contribution in [0.1, 0.15) is 48.8 Å². The molecule has 0 aliphatic heterocycles. The molecule has 1 aliphatic rings. The molecule has 4 nitrogen and oxygen atoms in total. The zero-order chi connectivity index (χ0) is 16.4. The van der Waals surface area contributed by atoms with Crippen molar-refractivity contribution in [1.82, 2.24) is 9.97 Å². The first-order valence-corrected chi connectivity index (χ1v) is 9.01. The molecule has 0 spiro atoms. The molecule has 0 saturated carbocycles. The van der Waals surface area contributed by atoms with Crippen molar-refractivity contribution in [2.75, 3.05) is 5.32 Å². The molecule has 0 fully saturated rings. The maximum Gasteiger partial charge on any atom is 0.148 e. The molecule has 5 heteroatoms. The maximum absolute atomic E-state index is 10.5.